The molecule has 0 amide bonds. The molecule has 0 heterocycles. The predicted octanol–water partition coefficient (Wildman–Crippen LogP) is 4.07. The Morgan fingerprint density at radius 1 is 1.15 bits per heavy atom. The van der Waals surface area contributed by atoms with Crippen LogP contribution < -0.4 is 0 Å². The van der Waals surface area contributed by atoms with Crippen LogP contribution in [0.2, 0.25) is 0 Å². The van der Waals surface area contributed by atoms with Crippen LogP contribution in [-0.4, -0.2) is 10.7 Å². The number of alkyl halides is 1. The molecule has 2 rings (SSSR count). The molecule has 5 heteroatoms. The van der Waals surface area contributed by atoms with Crippen molar-refractivity contribution in [3.05, 3.63) is 75.3 Å². The van der Waals surface area contributed by atoms with Gasteiger partial charge in [0.25, 0.3) is 5.69 Å². The molecule has 4 nitrogen and oxygen atoms in total. The van der Waals surface area contributed by atoms with Crippen LogP contribution in [0.5, 0.6) is 0 Å². The maximum absolute atomic E-state index is 12.5. The summed E-state index contributed by atoms with van der Waals surface area (Å²) in [6.07, 6.45) is 0. The van der Waals surface area contributed by atoms with E-state index in [2.05, 4.69) is 0 Å². The fourth-order valence-corrected chi connectivity index (χ4v) is 2.28. The van der Waals surface area contributed by atoms with Crippen molar-refractivity contribution in [2.45, 2.75) is 12.3 Å². The lowest BCUT2D eigenvalue weighted by molar-refractivity contribution is -0.385. The van der Waals surface area contributed by atoms with E-state index in [0.717, 1.165) is 0 Å². The Labute approximate surface area is 121 Å². The Hall–Kier alpha value is -2.20. The second kappa shape index (κ2) is 5.84. The summed E-state index contributed by atoms with van der Waals surface area (Å²) in [4.78, 5) is 22.9. The van der Waals surface area contributed by atoms with Gasteiger partial charge in [-0.05, 0) is 18.1 Å². The Kier molecular flexibility index (Phi) is 4.15. The number of nitro benzene ring substituents is 1. The fraction of sp³-hybridized carbons (Fsp3) is 0.133. The van der Waals surface area contributed by atoms with Gasteiger partial charge in [0.1, 0.15) is 10.9 Å². The summed E-state index contributed by atoms with van der Waals surface area (Å²) in [7, 11) is 0. The molecule has 0 aliphatic rings. The molecule has 0 aliphatic heterocycles. The number of ketones is 1. The fourth-order valence-electron chi connectivity index (χ4n) is 2.03. The van der Waals surface area contributed by atoms with Gasteiger partial charge in [0.05, 0.1) is 4.92 Å². The lowest BCUT2D eigenvalue weighted by atomic mass is 9.97. The molecule has 0 saturated heterocycles. The van der Waals surface area contributed by atoms with Crippen molar-refractivity contribution in [3.8, 4) is 0 Å². The smallest absolute Gasteiger partial charge is 0.280 e. The van der Waals surface area contributed by atoms with Gasteiger partial charge in [-0.3, -0.25) is 14.9 Å². The molecule has 0 N–H and O–H groups in total. The highest BCUT2D eigenvalue weighted by Crippen LogP contribution is 2.31. The first-order chi connectivity index (χ1) is 9.52. The van der Waals surface area contributed by atoms with Gasteiger partial charge in [0.15, 0.2) is 5.78 Å². The maximum Gasteiger partial charge on any atom is 0.280 e. The minimum absolute atomic E-state index is 0.0707. The van der Waals surface area contributed by atoms with Crippen LogP contribution in [0.25, 0.3) is 0 Å². The van der Waals surface area contributed by atoms with Crippen molar-refractivity contribution >= 4 is 23.1 Å². The molecule has 0 saturated carbocycles. The van der Waals surface area contributed by atoms with E-state index in [1.165, 1.54) is 6.07 Å². The van der Waals surface area contributed by atoms with Gasteiger partial charge in [-0.1, -0.05) is 42.5 Å². The lowest BCUT2D eigenvalue weighted by Gasteiger charge is -2.11. The Morgan fingerprint density at radius 3 is 2.40 bits per heavy atom. The van der Waals surface area contributed by atoms with Gasteiger partial charge in [-0.2, -0.15) is 0 Å². The van der Waals surface area contributed by atoms with E-state index >= 15 is 0 Å². The number of rotatable bonds is 4. The molecule has 2 aromatic carbocycles. The molecule has 20 heavy (non-hydrogen) atoms. The van der Waals surface area contributed by atoms with Crippen LogP contribution in [-0.2, 0) is 0 Å². The molecule has 0 spiro atoms. The van der Waals surface area contributed by atoms with E-state index < -0.39 is 16.1 Å². The number of carbonyl (C=O) groups excluding carboxylic acids is 1. The third-order valence-corrected chi connectivity index (χ3v) is 3.47. The standard InChI is InChI=1S/C15H12ClNO3/c1-10-6-5-9-12(17(19)20)13(10)15(18)14(16)11-7-3-2-4-8-11/h2-9,14H,1H3. The molecule has 102 valence electrons. The average molecular weight is 290 g/mol. The van der Waals surface area contributed by atoms with Crippen LogP contribution in [0, 0.1) is 17.0 Å². The van der Waals surface area contributed by atoms with Crippen LogP contribution in [0.4, 0.5) is 5.69 Å². The molecule has 1 unspecified atom stereocenters. The van der Waals surface area contributed by atoms with Gasteiger partial charge in [-0.25, -0.2) is 0 Å². The molecule has 0 radical (unpaired) electrons. The van der Waals surface area contributed by atoms with Gasteiger partial charge < -0.3 is 0 Å². The highest BCUT2D eigenvalue weighted by Gasteiger charge is 2.28. The number of nitrogens with zero attached hydrogens (tertiary/aromatic N) is 1. The largest absolute Gasteiger partial charge is 0.292 e. The van der Waals surface area contributed by atoms with E-state index in [1.807, 2.05) is 6.07 Å². The van der Waals surface area contributed by atoms with E-state index in [9.17, 15) is 14.9 Å². The van der Waals surface area contributed by atoms with Crippen molar-refractivity contribution in [2.75, 3.05) is 0 Å². The van der Waals surface area contributed by atoms with Crippen LogP contribution in [0.1, 0.15) is 26.9 Å². The second-order valence-corrected chi connectivity index (χ2v) is 4.80. The normalized spacial score (nSPS) is 11.9. The van der Waals surface area contributed by atoms with Crippen molar-refractivity contribution in [2.24, 2.45) is 0 Å². The lowest BCUT2D eigenvalue weighted by Crippen LogP contribution is -2.12. The van der Waals surface area contributed by atoms with Crippen LogP contribution in [0.3, 0.4) is 0 Å². The summed E-state index contributed by atoms with van der Waals surface area (Å²) >= 11 is 6.17. The Balaban J connectivity index is 2.47. The minimum atomic E-state index is -0.934. The Morgan fingerprint density at radius 2 is 1.80 bits per heavy atom. The maximum atomic E-state index is 12.5. The first kappa shape index (κ1) is 14.2. The number of Topliss-reactive ketones (excluding diaryl/α,β-unsaturated/α-hetero) is 1. The summed E-state index contributed by atoms with van der Waals surface area (Å²) in [6.45, 7) is 1.66. The van der Waals surface area contributed by atoms with Gasteiger partial charge in [-0.15, -0.1) is 11.6 Å². The Bertz CT molecular complexity index is 655. The third-order valence-electron chi connectivity index (χ3n) is 3.02. The quantitative estimate of drug-likeness (QED) is 0.369. The zero-order valence-corrected chi connectivity index (χ0v) is 11.5. The van der Waals surface area contributed by atoms with Crippen molar-refractivity contribution in [1.29, 1.82) is 0 Å². The van der Waals surface area contributed by atoms with Crippen LogP contribution in [0.15, 0.2) is 48.5 Å². The number of hydrogen-bond donors (Lipinski definition) is 0. The van der Waals surface area contributed by atoms with E-state index in [-0.39, 0.29) is 11.3 Å². The summed E-state index contributed by atoms with van der Waals surface area (Å²) in [5.41, 5.74) is 1.03. The topological polar surface area (TPSA) is 60.2 Å². The molecule has 0 fully saturated rings. The summed E-state index contributed by atoms with van der Waals surface area (Å²) in [6, 6.07) is 13.3. The SMILES string of the molecule is Cc1cccc([N+](=O)[O-])c1C(=O)C(Cl)c1ccccc1. The number of aryl methyl sites for hydroxylation is 1. The molecular formula is C15H12ClNO3. The number of benzene rings is 2. The average Bonchev–Trinajstić information content (AvgIpc) is 2.46. The van der Waals surface area contributed by atoms with Gasteiger partial charge in [0.2, 0.25) is 0 Å². The first-order valence-electron chi connectivity index (χ1n) is 5.99. The number of hydrogen-bond acceptors (Lipinski definition) is 3. The second-order valence-electron chi connectivity index (χ2n) is 4.36. The summed E-state index contributed by atoms with van der Waals surface area (Å²) < 4.78 is 0. The molecule has 1 atom stereocenters. The minimum Gasteiger partial charge on any atom is -0.292 e. The molecule has 0 bridgehead atoms. The number of nitro groups is 1. The first-order valence-corrected chi connectivity index (χ1v) is 6.43. The van der Waals surface area contributed by atoms with Crippen molar-refractivity contribution < 1.29 is 9.72 Å². The number of carbonyl (C=O) groups is 1. The highest BCUT2D eigenvalue weighted by atomic mass is 35.5. The van der Waals surface area contributed by atoms with E-state index in [4.69, 9.17) is 11.6 Å². The van der Waals surface area contributed by atoms with Crippen LogP contribution >= 0.6 is 11.6 Å². The summed E-state index contributed by atoms with van der Waals surface area (Å²) in [5.74, 6) is -0.456. The zero-order chi connectivity index (χ0) is 14.7. The zero-order valence-electron chi connectivity index (χ0n) is 10.7. The van der Waals surface area contributed by atoms with E-state index in [0.29, 0.717) is 11.1 Å². The molecule has 2 aromatic rings. The monoisotopic (exact) mass is 289 g/mol. The molecule has 0 aromatic heterocycles. The third kappa shape index (κ3) is 2.70. The number of halogens is 1. The summed E-state index contributed by atoms with van der Waals surface area (Å²) in [5, 5.41) is 10.1. The molecule has 0 aliphatic carbocycles. The van der Waals surface area contributed by atoms with Crippen molar-refractivity contribution in [1.82, 2.24) is 0 Å². The highest BCUT2D eigenvalue weighted by molar-refractivity contribution is 6.34. The molecular weight excluding hydrogens is 278 g/mol. The van der Waals surface area contributed by atoms with Crippen molar-refractivity contribution in [3.63, 3.8) is 0 Å². The van der Waals surface area contributed by atoms with E-state index in [1.54, 1.807) is 43.3 Å². The van der Waals surface area contributed by atoms with Gasteiger partial charge >= 0.3 is 0 Å². The predicted molar refractivity (Wildman–Crippen MR) is 77.2 cm³/mol. The van der Waals surface area contributed by atoms with Gasteiger partial charge in [0, 0.05) is 6.07 Å².